The quantitative estimate of drug-likeness (QED) is 0.857. The molecule has 1 heterocycles. The normalized spacial score (nSPS) is 10.9. The van der Waals surface area contributed by atoms with Crippen LogP contribution in [-0.2, 0) is 11.4 Å². The number of ether oxygens (including phenoxy) is 1. The third-order valence-electron chi connectivity index (χ3n) is 2.36. The van der Waals surface area contributed by atoms with Crippen LogP contribution in [0.2, 0.25) is 10.0 Å². The van der Waals surface area contributed by atoms with Crippen LogP contribution in [0.4, 0.5) is 0 Å². The third kappa shape index (κ3) is 4.05. The molecule has 0 aliphatic carbocycles. The van der Waals surface area contributed by atoms with Crippen LogP contribution < -0.4 is 10.5 Å². The highest BCUT2D eigenvalue weighted by molar-refractivity contribution is 6.35. The molecule has 0 saturated carbocycles. The summed E-state index contributed by atoms with van der Waals surface area (Å²) in [6, 6.07) is 8.42. The number of halogens is 2. The minimum absolute atomic E-state index is 0.214. The van der Waals surface area contributed by atoms with Gasteiger partial charge in [-0.1, -0.05) is 23.2 Å². The molecule has 0 aliphatic rings. The largest absolute Gasteiger partial charge is 0.484 e. The van der Waals surface area contributed by atoms with E-state index < -0.39 is 5.91 Å². The van der Waals surface area contributed by atoms with Crippen molar-refractivity contribution in [3.63, 3.8) is 0 Å². The molecule has 6 heteroatoms. The first-order valence-electron chi connectivity index (χ1n) is 5.68. The summed E-state index contributed by atoms with van der Waals surface area (Å²) in [6.45, 7) is 0.214. The molecule has 0 aliphatic heterocycles. The lowest BCUT2D eigenvalue weighted by Gasteiger charge is -2.06. The summed E-state index contributed by atoms with van der Waals surface area (Å²) in [6.07, 6.45) is 2.71. The van der Waals surface area contributed by atoms with Crippen LogP contribution >= 0.6 is 23.2 Å². The Morgan fingerprint density at radius 1 is 1.30 bits per heavy atom. The highest BCUT2D eigenvalue weighted by Crippen LogP contribution is 2.28. The van der Waals surface area contributed by atoms with Crippen molar-refractivity contribution in [2.75, 3.05) is 0 Å². The molecule has 4 nitrogen and oxygen atoms in total. The fourth-order valence-corrected chi connectivity index (χ4v) is 1.93. The van der Waals surface area contributed by atoms with Gasteiger partial charge in [-0.25, -0.2) is 0 Å². The second kappa shape index (κ2) is 6.50. The number of amides is 1. The summed E-state index contributed by atoms with van der Waals surface area (Å²) >= 11 is 11.8. The fraction of sp³-hybridized carbons (Fsp3) is 0.0714. The van der Waals surface area contributed by atoms with Crippen LogP contribution in [0.5, 0.6) is 5.75 Å². The predicted molar refractivity (Wildman–Crippen MR) is 77.7 cm³/mol. The summed E-state index contributed by atoms with van der Waals surface area (Å²) < 4.78 is 10.9. The Labute approximate surface area is 125 Å². The van der Waals surface area contributed by atoms with Gasteiger partial charge in [0.1, 0.15) is 23.9 Å². The van der Waals surface area contributed by atoms with Crippen molar-refractivity contribution in [1.29, 1.82) is 0 Å². The van der Waals surface area contributed by atoms with Gasteiger partial charge in [0.05, 0.1) is 5.02 Å². The topological polar surface area (TPSA) is 65.5 Å². The molecule has 0 saturated heterocycles. The number of furan rings is 1. The second-order valence-electron chi connectivity index (χ2n) is 3.90. The smallest absolute Gasteiger partial charge is 0.241 e. The monoisotopic (exact) mass is 311 g/mol. The SMILES string of the molecule is NC(=O)/C=C/c1ccc(COc2ccc(Cl)cc2Cl)o1. The van der Waals surface area contributed by atoms with Crippen molar-refractivity contribution in [2.24, 2.45) is 5.73 Å². The van der Waals surface area contributed by atoms with Crippen LogP contribution in [0.3, 0.4) is 0 Å². The van der Waals surface area contributed by atoms with E-state index >= 15 is 0 Å². The van der Waals surface area contributed by atoms with Crippen molar-refractivity contribution in [2.45, 2.75) is 6.61 Å². The van der Waals surface area contributed by atoms with Crippen molar-refractivity contribution >= 4 is 35.2 Å². The van der Waals surface area contributed by atoms with Crippen molar-refractivity contribution in [3.05, 3.63) is 58.0 Å². The minimum Gasteiger partial charge on any atom is -0.484 e. The van der Waals surface area contributed by atoms with Crippen LogP contribution in [0.15, 0.2) is 40.8 Å². The molecule has 2 rings (SSSR count). The summed E-state index contributed by atoms with van der Waals surface area (Å²) in [5.41, 5.74) is 4.99. The molecule has 1 aromatic carbocycles. The molecule has 0 spiro atoms. The van der Waals surface area contributed by atoms with Crippen LogP contribution in [-0.4, -0.2) is 5.91 Å². The van der Waals surface area contributed by atoms with E-state index in [0.717, 1.165) is 0 Å². The van der Waals surface area contributed by atoms with Gasteiger partial charge < -0.3 is 14.9 Å². The van der Waals surface area contributed by atoms with Crippen LogP contribution in [0, 0.1) is 0 Å². The second-order valence-corrected chi connectivity index (χ2v) is 4.75. The predicted octanol–water partition coefficient (Wildman–Crippen LogP) is 3.66. The van der Waals surface area contributed by atoms with Crippen LogP contribution in [0.25, 0.3) is 6.08 Å². The number of carbonyl (C=O) groups excluding carboxylic acids is 1. The van der Waals surface area contributed by atoms with Crippen molar-refractivity contribution < 1.29 is 13.9 Å². The van der Waals surface area contributed by atoms with Crippen molar-refractivity contribution in [3.8, 4) is 5.75 Å². The van der Waals surface area contributed by atoms with E-state index in [-0.39, 0.29) is 6.61 Å². The molecule has 0 bridgehead atoms. The lowest BCUT2D eigenvalue weighted by atomic mass is 10.3. The van der Waals surface area contributed by atoms with E-state index in [1.54, 1.807) is 30.3 Å². The molecule has 0 radical (unpaired) electrons. The fourth-order valence-electron chi connectivity index (χ4n) is 1.47. The van der Waals surface area contributed by atoms with E-state index in [9.17, 15) is 4.79 Å². The van der Waals surface area contributed by atoms with E-state index in [1.165, 1.54) is 12.2 Å². The maximum Gasteiger partial charge on any atom is 0.241 e. The molecular formula is C14H11Cl2NO3. The number of nitrogens with two attached hydrogens (primary N) is 1. The lowest BCUT2D eigenvalue weighted by Crippen LogP contribution is -2.04. The zero-order valence-electron chi connectivity index (χ0n) is 10.3. The lowest BCUT2D eigenvalue weighted by molar-refractivity contribution is -0.113. The van der Waals surface area contributed by atoms with E-state index in [2.05, 4.69) is 0 Å². The Balaban J connectivity index is 1.99. The molecule has 0 unspecified atom stereocenters. The first-order valence-corrected chi connectivity index (χ1v) is 6.44. The molecule has 1 amide bonds. The maximum absolute atomic E-state index is 10.6. The van der Waals surface area contributed by atoms with Gasteiger partial charge >= 0.3 is 0 Å². The molecule has 2 aromatic rings. The Hall–Kier alpha value is -1.91. The number of hydrogen-bond acceptors (Lipinski definition) is 3. The summed E-state index contributed by atoms with van der Waals surface area (Å²) in [5, 5.41) is 0.970. The molecule has 0 fully saturated rings. The average Bonchev–Trinajstić information content (AvgIpc) is 2.83. The van der Waals surface area contributed by atoms with Gasteiger partial charge in [-0.2, -0.15) is 0 Å². The van der Waals surface area contributed by atoms with E-state index in [4.69, 9.17) is 38.1 Å². The first kappa shape index (κ1) is 14.5. The highest BCUT2D eigenvalue weighted by atomic mass is 35.5. The van der Waals surface area contributed by atoms with Gasteiger partial charge in [-0.3, -0.25) is 4.79 Å². The van der Waals surface area contributed by atoms with Crippen LogP contribution in [0.1, 0.15) is 11.5 Å². The highest BCUT2D eigenvalue weighted by Gasteiger charge is 2.05. The van der Waals surface area contributed by atoms with Gasteiger partial charge in [0.25, 0.3) is 0 Å². The van der Waals surface area contributed by atoms with E-state index in [1.807, 2.05) is 0 Å². The first-order chi connectivity index (χ1) is 9.54. The molecule has 0 atom stereocenters. The zero-order chi connectivity index (χ0) is 14.5. The number of benzene rings is 1. The Bertz CT molecular complexity index is 650. The minimum atomic E-state index is -0.535. The Kier molecular flexibility index (Phi) is 4.71. The number of carbonyl (C=O) groups is 1. The Morgan fingerprint density at radius 3 is 2.80 bits per heavy atom. The van der Waals surface area contributed by atoms with Crippen molar-refractivity contribution in [1.82, 2.24) is 0 Å². The van der Waals surface area contributed by atoms with Gasteiger partial charge in [-0.15, -0.1) is 0 Å². The number of primary amides is 1. The summed E-state index contributed by atoms with van der Waals surface area (Å²) in [4.78, 5) is 10.6. The summed E-state index contributed by atoms with van der Waals surface area (Å²) in [5.74, 6) is 1.10. The van der Waals surface area contributed by atoms with E-state index in [0.29, 0.717) is 27.3 Å². The average molecular weight is 312 g/mol. The number of hydrogen-bond donors (Lipinski definition) is 1. The maximum atomic E-state index is 10.6. The Morgan fingerprint density at radius 2 is 2.10 bits per heavy atom. The summed E-state index contributed by atoms with van der Waals surface area (Å²) in [7, 11) is 0. The standard InChI is InChI=1S/C14H11Cl2NO3/c15-9-1-5-13(12(16)7-9)19-8-11-3-2-10(20-11)4-6-14(17)18/h1-7H,8H2,(H2,17,18)/b6-4+. The van der Waals surface area contributed by atoms with Gasteiger partial charge in [0.15, 0.2) is 0 Å². The number of rotatable bonds is 5. The molecular weight excluding hydrogens is 301 g/mol. The van der Waals surface area contributed by atoms with Gasteiger partial charge in [0.2, 0.25) is 5.91 Å². The molecule has 20 heavy (non-hydrogen) atoms. The third-order valence-corrected chi connectivity index (χ3v) is 2.89. The van der Waals surface area contributed by atoms with Gasteiger partial charge in [0, 0.05) is 11.1 Å². The molecule has 2 N–H and O–H groups in total. The van der Waals surface area contributed by atoms with Gasteiger partial charge in [-0.05, 0) is 36.4 Å². The molecule has 104 valence electrons. The zero-order valence-corrected chi connectivity index (χ0v) is 11.8. The molecule has 1 aromatic heterocycles.